The molecule has 0 spiro atoms. The highest BCUT2D eigenvalue weighted by Crippen LogP contribution is 2.17. The largest absolute Gasteiger partial charge is 0.467 e. The Morgan fingerprint density at radius 1 is 0.333 bits per heavy atom. The number of methoxy groups -OCH3 is 1. The number of alkyl carbamates (subject to hydrolysis) is 1. The summed E-state index contributed by atoms with van der Waals surface area (Å²) in [4.78, 5) is 136. The van der Waals surface area contributed by atoms with Gasteiger partial charge in [-0.05, 0) is 136 Å². The first kappa shape index (κ1) is 69.5. The van der Waals surface area contributed by atoms with E-state index in [0.29, 0.717) is 0 Å². The monoisotopic (exact) mass is 1070 g/mol. The first-order valence-corrected chi connectivity index (χ1v) is 26.6. The van der Waals surface area contributed by atoms with Crippen molar-refractivity contribution in [2.75, 3.05) is 7.11 Å². The molecule has 0 aromatic rings. The summed E-state index contributed by atoms with van der Waals surface area (Å²) in [5.74, 6) is -6.56. The lowest BCUT2D eigenvalue weighted by molar-refractivity contribution is -0.149. The van der Waals surface area contributed by atoms with E-state index in [0.717, 1.165) is 0 Å². The molecule has 432 valence electrons. The number of esters is 1. The zero-order valence-electron chi connectivity index (χ0n) is 49.6. The first-order chi connectivity index (χ1) is 34.0. The van der Waals surface area contributed by atoms with Crippen molar-refractivity contribution in [2.45, 2.75) is 242 Å². The fraction of sp³-hybridized carbons (Fsp3) is 0.815. The van der Waals surface area contributed by atoms with Crippen LogP contribution in [-0.2, 0) is 52.6 Å². The number of ether oxygens (including phenoxy) is 2. The Morgan fingerprint density at radius 2 is 0.560 bits per heavy atom. The van der Waals surface area contributed by atoms with E-state index in [1.54, 1.807) is 20.8 Å². The van der Waals surface area contributed by atoms with Crippen LogP contribution in [0.25, 0.3) is 0 Å². The van der Waals surface area contributed by atoms with Gasteiger partial charge in [0.15, 0.2) is 0 Å². The van der Waals surface area contributed by atoms with Crippen LogP contribution in [0.2, 0.25) is 0 Å². The lowest BCUT2D eigenvalue weighted by Crippen LogP contribution is -2.64. The topological polar surface area (TPSA) is 297 Å². The van der Waals surface area contributed by atoms with Crippen molar-refractivity contribution in [1.82, 2.24) is 47.9 Å². The minimum Gasteiger partial charge on any atom is -0.467 e. The summed E-state index contributed by atoms with van der Waals surface area (Å²) in [6, 6.07) is -6.71. The highest BCUT2D eigenvalue weighted by atomic mass is 16.6. The molecule has 0 fully saturated rings. The molecule has 0 saturated carbocycles. The van der Waals surface area contributed by atoms with Crippen LogP contribution in [-0.4, -0.2) is 125 Å². The lowest BCUT2D eigenvalue weighted by Gasteiger charge is -2.33. The Kier molecular flexibility index (Phi) is 28.1. The molecule has 0 radical (unpaired) electrons. The van der Waals surface area contributed by atoms with Crippen LogP contribution in [0.5, 0.6) is 0 Å². The van der Waals surface area contributed by atoms with Gasteiger partial charge in [0.2, 0.25) is 47.3 Å². The van der Waals surface area contributed by atoms with Gasteiger partial charge in [-0.15, -0.1) is 0 Å². The number of carbonyl (C=O) groups is 10. The molecule has 21 heteroatoms. The fourth-order valence-corrected chi connectivity index (χ4v) is 7.77. The van der Waals surface area contributed by atoms with E-state index in [2.05, 4.69) is 47.9 Å². The maximum Gasteiger partial charge on any atom is 0.408 e. The van der Waals surface area contributed by atoms with Crippen molar-refractivity contribution in [1.29, 1.82) is 0 Å². The van der Waals surface area contributed by atoms with Gasteiger partial charge in [0.05, 0.1) is 7.11 Å². The highest BCUT2D eigenvalue weighted by Gasteiger charge is 2.40. The van der Waals surface area contributed by atoms with Gasteiger partial charge < -0.3 is 57.3 Å². The molecule has 0 aliphatic heterocycles. The average Bonchev–Trinajstić information content (AvgIpc) is 3.22. The zero-order valence-corrected chi connectivity index (χ0v) is 49.6. The molecule has 0 saturated heterocycles. The van der Waals surface area contributed by atoms with Crippen LogP contribution in [0.4, 0.5) is 4.79 Å². The number of amides is 9. The first-order valence-electron chi connectivity index (χ1n) is 26.6. The van der Waals surface area contributed by atoms with Crippen molar-refractivity contribution < 1.29 is 57.4 Å². The van der Waals surface area contributed by atoms with E-state index in [-0.39, 0.29) is 74.0 Å². The Morgan fingerprint density at radius 3 is 0.787 bits per heavy atom. The summed E-state index contributed by atoms with van der Waals surface area (Å²) in [5, 5.41) is 24.5. The van der Waals surface area contributed by atoms with Gasteiger partial charge in [0, 0.05) is 0 Å². The molecule has 0 aromatic heterocycles. The SMILES string of the molecule is COC(=O)C(C)(C)NC(=O)[C@@H](CC(C)C)NC(=O)[C@H](CC(C)C)NC(=O)C(C)(C)NC(=O)[C@H](CC(C)C)NC(=O)[C@H](CC(C)C)NC(=O)C(C)(C)NC(=O)[C@@H](CC(C)C)NC(=O)[C@H](CC(C)C)NC(=O)OC(C)(C)C. The molecule has 0 rings (SSSR count). The maximum atomic E-state index is 14.2. The van der Waals surface area contributed by atoms with Crippen LogP contribution in [0, 0.1) is 35.5 Å². The van der Waals surface area contributed by atoms with Crippen molar-refractivity contribution >= 4 is 59.3 Å². The number of rotatable bonds is 30. The minimum atomic E-state index is -1.64. The van der Waals surface area contributed by atoms with Crippen molar-refractivity contribution in [3.63, 3.8) is 0 Å². The number of carbonyl (C=O) groups excluding carboxylic acids is 10. The summed E-state index contributed by atoms with van der Waals surface area (Å²) < 4.78 is 10.2. The quantitative estimate of drug-likeness (QED) is 0.0452. The highest BCUT2D eigenvalue weighted by molar-refractivity contribution is 6.00. The molecule has 0 unspecified atom stereocenters. The van der Waals surface area contributed by atoms with Gasteiger partial charge in [-0.3, -0.25) is 38.4 Å². The van der Waals surface area contributed by atoms with Gasteiger partial charge in [-0.25, -0.2) is 9.59 Å². The molecule has 9 N–H and O–H groups in total. The average molecular weight is 1070 g/mol. The Labute approximate surface area is 448 Å². The molecule has 9 amide bonds. The fourth-order valence-electron chi connectivity index (χ4n) is 7.77. The van der Waals surface area contributed by atoms with Crippen molar-refractivity contribution in [3.05, 3.63) is 0 Å². The predicted molar refractivity (Wildman–Crippen MR) is 288 cm³/mol. The van der Waals surface area contributed by atoms with Crippen LogP contribution in [0.15, 0.2) is 0 Å². The molecule has 75 heavy (non-hydrogen) atoms. The Hall–Kier alpha value is -5.50. The zero-order chi connectivity index (χ0) is 58.7. The van der Waals surface area contributed by atoms with E-state index in [1.807, 2.05) is 83.1 Å². The maximum absolute atomic E-state index is 14.2. The van der Waals surface area contributed by atoms with E-state index in [1.165, 1.54) is 48.7 Å². The third kappa shape index (κ3) is 26.7. The van der Waals surface area contributed by atoms with Gasteiger partial charge >= 0.3 is 12.1 Å². The third-order valence-electron chi connectivity index (χ3n) is 11.5. The predicted octanol–water partition coefficient (Wildman–Crippen LogP) is 4.44. The molecule has 0 heterocycles. The van der Waals surface area contributed by atoms with Crippen LogP contribution >= 0.6 is 0 Å². The normalized spacial score (nSPS) is 14.7. The van der Waals surface area contributed by atoms with Crippen molar-refractivity contribution in [3.8, 4) is 0 Å². The molecular weight excluding hydrogens is 967 g/mol. The molecule has 0 aliphatic carbocycles. The van der Waals surface area contributed by atoms with E-state index in [9.17, 15) is 47.9 Å². The number of nitrogens with one attached hydrogen (secondary N) is 9. The molecule has 0 aliphatic rings. The van der Waals surface area contributed by atoms with Crippen LogP contribution < -0.4 is 47.9 Å². The van der Waals surface area contributed by atoms with Crippen LogP contribution in [0.3, 0.4) is 0 Å². The molecule has 6 atom stereocenters. The van der Waals surface area contributed by atoms with Gasteiger partial charge in [-0.1, -0.05) is 83.1 Å². The second kappa shape index (κ2) is 30.3. The smallest absolute Gasteiger partial charge is 0.408 e. The lowest BCUT2D eigenvalue weighted by atomic mass is 9.96. The minimum absolute atomic E-state index is 0.0107. The molecular formula is C54H99N9O12. The second-order valence-corrected chi connectivity index (χ2v) is 25.0. The van der Waals surface area contributed by atoms with Gasteiger partial charge in [0.1, 0.15) is 58.5 Å². The van der Waals surface area contributed by atoms with Crippen molar-refractivity contribution in [2.24, 2.45) is 35.5 Å². The number of hydrogen-bond acceptors (Lipinski definition) is 12. The Bertz CT molecular complexity index is 1960. The second-order valence-electron chi connectivity index (χ2n) is 25.0. The molecule has 0 aromatic carbocycles. The molecule has 21 nitrogen and oxygen atoms in total. The number of hydrogen-bond donors (Lipinski definition) is 9. The van der Waals surface area contributed by atoms with Gasteiger partial charge in [0.25, 0.3) is 0 Å². The summed E-state index contributed by atoms with van der Waals surface area (Å²) >= 11 is 0. The molecule has 0 bridgehead atoms. The van der Waals surface area contributed by atoms with Crippen LogP contribution in [0.1, 0.15) is 184 Å². The summed E-state index contributed by atoms with van der Waals surface area (Å²) in [7, 11) is 1.20. The van der Waals surface area contributed by atoms with E-state index in [4.69, 9.17) is 9.47 Å². The third-order valence-corrected chi connectivity index (χ3v) is 11.5. The summed E-state index contributed by atoms with van der Waals surface area (Å²) in [6.45, 7) is 36.2. The Balaban J connectivity index is 6.48. The van der Waals surface area contributed by atoms with E-state index < -0.39 is 118 Å². The standard InChI is InChI=1S/C54H99N9O12/c1-29(2)23-35(58-48(71)53(18,19)62-45(68)39(27-33(9)10)57-43(66)37(25-31(5)6)60-50(73)75-51(13,14)15)41(64)55-38(26-32(7)8)44(67)61-52(16,17)47(70)59-36(24-30(3)4)42(65)56-40(28-34(11)12)46(69)63-54(20,21)49(72)74-22/h29-40H,23-28H2,1-22H3,(H,55,64)(H,56,65)(H,57,66)(H,58,71)(H,59,70)(H,60,73)(H,61,67)(H,62,68)(H,63,69)/t35-,36-,37-,38-,39+,40+/m0/s1. The summed E-state index contributed by atoms with van der Waals surface area (Å²) in [5.41, 5.74) is -5.48. The van der Waals surface area contributed by atoms with Gasteiger partial charge in [-0.2, -0.15) is 0 Å². The summed E-state index contributed by atoms with van der Waals surface area (Å²) in [6.07, 6.45) is 0.326. The van der Waals surface area contributed by atoms with E-state index >= 15 is 0 Å².